The van der Waals surface area contributed by atoms with Gasteiger partial charge in [0, 0.05) is 13.2 Å². The number of piperidine rings is 1. The van der Waals surface area contributed by atoms with Gasteiger partial charge in [0.05, 0.1) is 27.2 Å². The number of anilines is 1. The number of hydrogen-bond acceptors (Lipinski definition) is 7. The topological polar surface area (TPSA) is 79.8 Å². The van der Waals surface area contributed by atoms with Crippen molar-refractivity contribution >= 4 is 65.6 Å². The van der Waals surface area contributed by atoms with Crippen molar-refractivity contribution in [1.29, 1.82) is 0 Å². The summed E-state index contributed by atoms with van der Waals surface area (Å²) in [4.78, 5) is 20.6. The molecule has 2 unspecified atom stereocenters. The van der Waals surface area contributed by atoms with Gasteiger partial charge in [-0.3, -0.25) is 9.69 Å². The molecule has 0 radical (unpaired) electrons. The Morgan fingerprint density at radius 3 is 2.69 bits per heavy atom. The fourth-order valence-corrected chi connectivity index (χ4v) is 9.03. The quantitative estimate of drug-likeness (QED) is 0.409. The summed E-state index contributed by atoms with van der Waals surface area (Å²) in [6.07, 6.45) is 3.72. The molecule has 188 valence electrons. The molecule has 2 atom stereocenters. The molecule has 35 heavy (non-hydrogen) atoms. The predicted molar refractivity (Wildman–Crippen MR) is 141 cm³/mol. The highest BCUT2D eigenvalue weighted by atomic mass is 35.5. The molecule has 0 N–H and O–H groups in total. The summed E-state index contributed by atoms with van der Waals surface area (Å²) in [7, 11) is -3.84. The smallest absolute Gasteiger partial charge is 0.253 e. The maximum Gasteiger partial charge on any atom is 0.253 e. The number of thiazole rings is 1. The van der Waals surface area contributed by atoms with E-state index in [4.69, 9.17) is 21.3 Å². The molecule has 5 rings (SSSR count). The van der Waals surface area contributed by atoms with Crippen molar-refractivity contribution < 1.29 is 17.9 Å². The Hall–Kier alpha value is -1.56. The maximum atomic E-state index is 14.1. The van der Waals surface area contributed by atoms with Gasteiger partial charge in [-0.25, -0.2) is 13.4 Å². The minimum absolute atomic E-state index is 0.0841. The average Bonchev–Trinajstić information content (AvgIpc) is 3.59. The first-order valence-corrected chi connectivity index (χ1v) is 15.3. The highest BCUT2D eigenvalue weighted by Gasteiger charge is 2.41. The Labute approximate surface area is 218 Å². The molecule has 2 aromatic heterocycles. The van der Waals surface area contributed by atoms with E-state index in [1.807, 2.05) is 13.0 Å². The van der Waals surface area contributed by atoms with E-state index < -0.39 is 16.1 Å². The lowest BCUT2D eigenvalue weighted by molar-refractivity contribution is -0.123. The molecule has 0 spiro atoms. The van der Waals surface area contributed by atoms with Gasteiger partial charge >= 0.3 is 0 Å². The van der Waals surface area contributed by atoms with Crippen LogP contribution in [0.25, 0.3) is 10.2 Å². The average molecular weight is 554 g/mol. The van der Waals surface area contributed by atoms with Gasteiger partial charge in [0.15, 0.2) is 5.13 Å². The maximum absolute atomic E-state index is 14.1. The number of sulfonamides is 1. The molecule has 4 heterocycles. The number of aromatic nitrogens is 1. The first-order valence-electron chi connectivity index (χ1n) is 11.8. The van der Waals surface area contributed by atoms with E-state index in [1.165, 1.54) is 27.3 Å². The Kier molecular flexibility index (Phi) is 7.22. The number of halogens is 1. The highest BCUT2D eigenvalue weighted by molar-refractivity contribution is 7.91. The fraction of sp³-hybridized carbons (Fsp3) is 0.500. The summed E-state index contributed by atoms with van der Waals surface area (Å²) < 4.78 is 35.8. The molecule has 2 aliphatic rings. The molecule has 1 amide bonds. The van der Waals surface area contributed by atoms with Crippen molar-refractivity contribution in [3.63, 3.8) is 0 Å². The van der Waals surface area contributed by atoms with Crippen LogP contribution in [0.5, 0.6) is 0 Å². The lowest BCUT2D eigenvalue weighted by Crippen LogP contribution is -2.54. The number of hydrogen-bond donors (Lipinski definition) is 0. The second-order valence-electron chi connectivity index (χ2n) is 9.17. The van der Waals surface area contributed by atoms with Crippen LogP contribution in [0.3, 0.4) is 0 Å². The van der Waals surface area contributed by atoms with E-state index in [0.29, 0.717) is 42.0 Å². The molecular formula is C24H28ClN3O4S3. The monoisotopic (exact) mass is 553 g/mol. The fourth-order valence-electron chi connectivity index (χ4n) is 4.71. The van der Waals surface area contributed by atoms with Gasteiger partial charge < -0.3 is 4.74 Å². The van der Waals surface area contributed by atoms with Gasteiger partial charge in [-0.2, -0.15) is 4.31 Å². The van der Waals surface area contributed by atoms with E-state index in [1.54, 1.807) is 11.0 Å². The lowest BCUT2D eigenvalue weighted by Gasteiger charge is -2.36. The molecule has 3 aromatic rings. The Balaban J connectivity index is 1.51. The van der Waals surface area contributed by atoms with Crippen LogP contribution in [0.2, 0.25) is 4.34 Å². The van der Waals surface area contributed by atoms with Gasteiger partial charge in [0.1, 0.15) is 10.3 Å². The molecule has 2 fully saturated rings. The number of ether oxygens (including phenoxy) is 1. The van der Waals surface area contributed by atoms with Gasteiger partial charge in [0.25, 0.3) is 10.0 Å². The number of aryl methyl sites for hydroxylation is 2. The number of rotatable bonds is 6. The second-order valence-corrected chi connectivity index (χ2v) is 14.0. The largest absolute Gasteiger partial charge is 0.376 e. The number of amides is 1. The van der Waals surface area contributed by atoms with Crippen molar-refractivity contribution in [1.82, 2.24) is 9.29 Å². The van der Waals surface area contributed by atoms with Gasteiger partial charge in [-0.15, -0.1) is 11.3 Å². The van der Waals surface area contributed by atoms with E-state index >= 15 is 0 Å². The Bertz CT molecular complexity index is 1310. The van der Waals surface area contributed by atoms with Crippen LogP contribution in [0.4, 0.5) is 5.13 Å². The molecule has 11 heteroatoms. The molecule has 0 aliphatic carbocycles. The third-order valence-electron chi connectivity index (χ3n) is 6.75. The molecule has 0 bridgehead atoms. The van der Waals surface area contributed by atoms with Crippen LogP contribution in [0.1, 0.15) is 43.2 Å². The summed E-state index contributed by atoms with van der Waals surface area (Å²) in [6.45, 7) is 5.45. The summed E-state index contributed by atoms with van der Waals surface area (Å²) in [5.74, 6) is -0.237. The van der Waals surface area contributed by atoms with Crippen LogP contribution in [0.15, 0.2) is 28.5 Å². The summed E-state index contributed by atoms with van der Waals surface area (Å²) >= 11 is 8.52. The number of benzene rings is 1. The Morgan fingerprint density at radius 1 is 1.17 bits per heavy atom. The number of carbonyl (C=O) groups excluding carboxylic acids is 1. The van der Waals surface area contributed by atoms with E-state index in [0.717, 1.165) is 46.4 Å². The highest BCUT2D eigenvalue weighted by Crippen LogP contribution is 2.35. The van der Waals surface area contributed by atoms with E-state index in [-0.39, 0.29) is 16.2 Å². The number of thiophene rings is 1. The molecule has 2 saturated heterocycles. The predicted octanol–water partition coefficient (Wildman–Crippen LogP) is 5.38. The molecular weight excluding hydrogens is 526 g/mol. The zero-order valence-corrected chi connectivity index (χ0v) is 22.9. The van der Waals surface area contributed by atoms with Crippen molar-refractivity contribution in [3.8, 4) is 0 Å². The zero-order valence-electron chi connectivity index (χ0n) is 19.7. The van der Waals surface area contributed by atoms with Gasteiger partial charge in [-0.1, -0.05) is 29.4 Å². The van der Waals surface area contributed by atoms with Gasteiger partial charge in [-0.05, 0) is 74.9 Å². The normalized spacial score (nSPS) is 21.6. The van der Waals surface area contributed by atoms with Crippen LogP contribution < -0.4 is 4.90 Å². The van der Waals surface area contributed by atoms with Crippen LogP contribution in [0, 0.1) is 13.8 Å². The summed E-state index contributed by atoms with van der Waals surface area (Å²) in [5, 5.41) is 0.590. The number of fused-ring (bicyclic) bond motifs is 1. The zero-order chi connectivity index (χ0) is 24.7. The third-order valence-corrected chi connectivity index (χ3v) is 11.4. The van der Waals surface area contributed by atoms with E-state index in [9.17, 15) is 13.2 Å². The molecule has 2 aliphatic heterocycles. The minimum Gasteiger partial charge on any atom is -0.376 e. The van der Waals surface area contributed by atoms with Gasteiger partial charge in [0.2, 0.25) is 5.91 Å². The SMILES string of the molecule is Cc1cc2nc(N(CC3CCCO3)C(=O)C3CCCCN3S(=O)(=O)c3ccc(Cl)s3)sc2cc1C. The van der Waals surface area contributed by atoms with Crippen LogP contribution >= 0.6 is 34.3 Å². The second kappa shape index (κ2) is 10.1. The van der Waals surface area contributed by atoms with Crippen molar-refractivity contribution in [3.05, 3.63) is 39.7 Å². The Morgan fingerprint density at radius 2 is 1.97 bits per heavy atom. The lowest BCUT2D eigenvalue weighted by atomic mass is 10.0. The third kappa shape index (κ3) is 5.01. The minimum atomic E-state index is -3.84. The summed E-state index contributed by atoms with van der Waals surface area (Å²) in [6, 6.07) is 6.44. The van der Waals surface area contributed by atoms with Crippen molar-refractivity contribution in [2.75, 3.05) is 24.6 Å². The van der Waals surface area contributed by atoms with Crippen molar-refractivity contribution in [2.45, 2.75) is 62.3 Å². The number of carbonyl (C=O) groups is 1. The molecule has 1 aromatic carbocycles. The summed E-state index contributed by atoms with van der Waals surface area (Å²) in [5.41, 5.74) is 3.16. The van der Waals surface area contributed by atoms with E-state index in [2.05, 4.69) is 13.0 Å². The number of nitrogens with zero attached hydrogens (tertiary/aromatic N) is 3. The van der Waals surface area contributed by atoms with Crippen LogP contribution in [-0.2, 0) is 19.6 Å². The molecule has 7 nitrogen and oxygen atoms in total. The molecule has 0 saturated carbocycles. The van der Waals surface area contributed by atoms with Crippen molar-refractivity contribution in [2.24, 2.45) is 0 Å². The first-order chi connectivity index (χ1) is 16.7. The first kappa shape index (κ1) is 25.1. The standard InChI is InChI=1S/C24H28ClN3O4S3/c1-15-12-18-20(13-16(15)2)33-24(26-18)27(14-17-6-5-11-32-17)23(29)19-7-3-4-10-28(19)35(30,31)22-9-8-21(25)34-22/h8-9,12-13,17,19H,3-7,10-11,14H2,1-2H3. The van der Waals surface area contributed by atoms with Crippen LogP contribution in [-0.4, -0.2) is 55.5 Å².